The van der Waals surface area contributed by atoms with E-state index >= 15 is 0 Å². The van der Waals surface area contributed by atoms with Gasteiger partial charge in [0.05, 0.1) is 6.61 Å². The Hall–Kier alpha value is -0.0800. The van der Waals surface area contributed by atoms with Crippen molar-refractivity contribution >= 4 is 0 Å². The van der Waals surface area contributed by atoms with Crippen LogP contribution >= 0.6 is 0 Å². The molecule has 0 radical (unpaired) electrons. The molecule has 1 aliphatic rings. The highest BCUT2D eigenvalue weighted by molar-refractivity contribution is 4.74. The maximum atomic E-state index is 5.36. The van der Waals surface area contributed by atoms with E-state index in [0.29, 0.717) is 6.04 Å². The van der Waals surface area contributed by atoms with Crippen LogP contribution < -0.4 is 5.32 Å². The van der Waals surface area contributed by atoms with Crippen LogP contribution in [0.1, 0.15) is 20.8 Å². The monoisotopic (exact) mass is 157 g/mol. The second-order valence-corrected chi connectivity index (χ2v) is 3.84. The van der Waals surface area contributed by atoms with Crippen molar-refractivity contribution in [1.82, 2.24) is 5.32 Å². The fourth-order valence-corrected chi connectivity index (χ4v) is 1.35. The van der Waals surface area contributed by atoms with Gasteiger partial charge in [-0.2, -0.15) is 0 Å². The Morgan fingerprint density at radius 3 is 2.64 bits per heavy atom. The molecular weight excluding hydrogens is 138 g/mol. The highest BCUT2D eigenvalue weighted by Crippen LogP contribution is 2.18. The van der Waals surface area contributed by atoms with E-state index in [0.717, 1.165) is 31.6 Å². The third-order valence-electron chi connectivity index (χ3n) is 2.31. The topological polar surface area (TPSA) is 21.3 Å². The predicted octanol–water partition coefficient (Wildman–Crippen LogP) is 1.27. The van der Waals surface area contributed by atoms with Gasteiger partial charge in [0, 0.05) is 19.2 Å². The molecule has 11 heavy (non-hydrogen) atoms. The lowest BCUT2D eigenvalue weighted by Crippen LogP contribution is -2.31. The van der Waals surface area contributed by atoms with E-state index in [1.807, 2.05) is 0 Å². The van der Waals surface area contributed by atoms with Crippen LogP contribution in [0.2, 0.25) is 0 Å². The average molecular weight is 157 g/mol. The van der Waals surface area contributed by atoms with Gasteiger partial charge in [0.25, 0.3) is 0 Å². The molecule has 1 N–H and O–H groups in total. The van der Waals surface area contributed by atoms with Gasteiger partial charge in [0.15, 0.2) is 0 Å². The van der Waals surface area contributed by atoms with E-state index in [1.165, 1.54) is 0 Å². The summed E-state index contributed by atoms with van der Waals surface area (Å²) in [5.74, 6) is 1.47. The van der Waals surface area contributed by atoms with Gasteiger partial charge in [-0.25, -0.2) is 0 Å². The second-order valence-electron chi connectivity index (χ2n) is 3.84. The molecule has 66 valence electrons. The molecule has 0 saturated carbocycles. The third-order valence-corrected chi connectivity index (χ3v) is 2.31. The van der Waals surface area contributed by atoms with Gasteiger partial charge in [-0.15, -0.1) is 0 Å². The first-order chi connectivity index (χ1) is 5.20. The molecule has 0 amide bonds. The fraction of sp³-hybridized carbons (Fsp3) is 1.00. The van der Waals surface area contributed by atoms with Crippen LogP contribution in [-0.2, 0) is 4.74 Å². The highest BCUT2D eigenvalue weighted by Gasteiger charge is 2.23. The summed E-state index contributed by atoms with van der Waals surface area (Å²) in [7, 11) is 0. The summed E-state index contributed by atoms with van der Waals surface area (Å²) in [5, 5.41) is 3.44. The van der Waals surface area contributed by atoms with E-state index in [4.69, 9.17) is 4.74 Å². The Morgan fingerprint density at radius 2 is 2.18 bits per heavy atom. The Bertz CT molecular complexity index is 114. The quantitative estimate of drug-likeness (QED) is 0.666. The van der Waals surface area contributed by atoms with Crippen molar-refractivity contribution in [2.75, 3.05) is 19.8 Å². The lowest BCUT2D eigenvalue weighted by molar-refractivity contribution is 0.181. The van der Waals surface area contributed by atoms with E-state index in [9.17, 15) is 0 Å². The van der Waals surface area contributed by atoms with Crippen LogP contribution in [0.3, 0.4) is 0 Å². The van der Waals surface area contributed by atoms with Gasteiger partial charge in [-0.05, 0) is 11.8 Å². The standard InChI is InChI=1S/C9H19NO/c1-7(2)10-4-9-6-11-5-8(9)3/h7-10H,4-6H2,1-3H3. The van der Waals surface area contributed by atoms with E-state index in [2.05, 4.69) is 26.1 Å². The maximum Gasteiger partial charge on any atom is 0.0509 e. The molecule has 1 heterocycles. The van der Waals surface area contributed by atoms with Crippen molar-refractivity contribution < 1.29 is 4.74 Å². The molecule has 0 aromatic heterocycles. The van der Waals surface area contributed by atoms with Gasteiger partial charge >= 0.3 is 0 Å². The van der Waals surface area contributed by atoms with Crippen LogP contribution in [0.15, 0.2) is 0 Å². The summed E-state index contributed by atoms with van der Waals surface area (Å²) in [4.78, 5) is 0. The molecule has 0 bridgehead atoms. The number of rotatable bonds is 3. The van der Waals surface area contributed by atoms with E-state index in [-0.39, 0.29) is 0 Å². The zero-order valence-corrected chi connectivity index (χ0v) is 7.76. The molecule has 0 aliphatic carbocycles. The fourth-order valence-electron chi connectivity index (χ4n) is 1.35. The smallest absolute Gasteiger partial charge is 0.0509 e. The largest absolute Gasteiger partial charge is 0.381 e. The summed E-state index contributed by atoms with van der Waals surface area (Å²) in [6.45, 7) is 9.63. The molecule has 2 unspecified atom stereocenters. The molecule has 1 fully saturated rings. The Morgan fingerprint density at radius 1 is 1.45 bits per heavy atom. The summed E-state index contributed by atoms with van der Waals surface area (Å²) in [6, 6.07) is 0.600. The van der Waals surface area contributed by atoms with Crippen LogP contribution in [0.25, 0.3) is 0 Å². The maximum absolute atomic E-state index is 5.36. The van der Waals surface area contributed by atoms with Crippen LogP contribution in [0.5, 0.6) is 0 Å². The van der Waals surface area contributed by atoms with Gasteiger partial charge in [0.1, 0.15) is 0 Å². The Labute approximate surface area is 69.3 Å². The third kappa shape index (κ3) is 2.80. The van der Waals surface area contributed by atoms with Crippen molar-refractivity contribution in [1.29, 1.82) is 0 Å². The van der Waals surface area contributed by atoms with Gasteiger partial charge in [-0.3, -0.25) is 0 Å². The van der Waals surface area contributed by atoms with Crippen LogP contribution in [0.4, 0.5) is 0 Å². The minimum Gasteiger partial charge on any atom is -0.381 e. The van der Waals surface area contributed by atoms with E-state index in [1.54, 1.807) is 0 Å². The van der Waals surface area contributed by atoms with E-state index < -0.39 is 0 Å². The highest BCUT2D eigenvalue weighted by atomic mass is 16.5. The van der Waals surface area contributed by atoms with Crippen molar-refractivity contribution in [3.05, 3.63) is 0 Å². The molecule has 2 nitrogen and oxygen atoms in total. The normalized spacial score (nSPS) is 31.6. The summed E-state index contributed by atoms with van der Waals surface area (Å²) in [6.07, 6.45) is 0. The SMILES string of the molecule is CC(C)NCC1COCC1C. The van der Waals surface area contributed by atoms with Gasteiger partial charge < -0.3 is 10.1 Å². The van der Waals surface area contributed by atoms with Crippen LogP contribution in [0, 0.1) is 11.8 Å². The molecule has 1 rings (SSSR count). The molecule has 2 atom stereocenters. The second kappa shape index (κ2) is 4.07. The number of nitrogens with one attached hydrogen (secondary N) is 1. The first-order valence-corrected chi connectivity index (χ1v) is 4.51. The predicted molar refractivity (Wildman–Crippen MR) is 46.6 cm³/mol. The molecule has 0 aromatic carbocycles. The minimum atomic E-state index is 0.600. The lowest BCUT2D eigenvalue weighted by atomic mass is 9.98. The Kier molecular flexibility index (Phi) is 3.34. The lowest BCUT2D eigenvalue weighted by Gasteiger charge is -2.15. The summed E-state index contributed by atoms with van der Waals surface area (Å²) >= 11 is 0. The first-order valence-electron chi connectivity index (χ1n) is 4.51. The zero-order chi connectivity index (χ0) is 8.27. The van der Waals surface area contributed by atoms with Gasteiger partial charge in [0.2, 0.25) is 0 Å². The van der Waals surface area contributed by atoms with Crippen LogP contribution in [-0.4, -0.2) is 25.8 Å². The van der Waals surface area contributed by atoms with Gasteiger partial charge in [-0.1, -0.05) is 20.8 Å². The number of hydrogen-bond donors (Lipinski definition) is 1. The van der Waals surface area contributed by atoms with Crippen molar-refractivity contribution in [3.8, 4) is 0 Å². The van der Waals surface area contributed by atoms with Crippen molar-refractivity contribution in [2.24, 2.45) is 11.8 Å². The molecule has 2 heteroatoms. The summed E-state index contributed by atoms with van der Waals surface area (Å²) < 4.78 is 5.36. The average Bonchev–Trinajstić information content (AvgIpc) is 2.31. The summed E-state index contributed by atoms with van der Waals surface area (Å²) in [5.41, 5.74) is 0. The first kappa shape index (κ1) is 9.01. The minimum absolute atomic E-state index is 0.600. The number of hydrogen-bond acceptors (Lipinski definition) is 2. The molecule has 1 aliphatic heterocycles. The molecule has 1 saturated heterocycles. The molecular formula is C9H19NO. The zero-order valence-electron chi connectivity index (χ0n) is 7.76. The molecule has 0 spiro atoms. The van der Waals surface area contributed by atoms with Crippen molar-refractivity contribution in [2.45, 2.75) is 26.8 Å². The molecule has 0 aromatic rings. The Balaban J connectivity index is 2.15. The number of ether oxygens (including phenoxy) is 1. The van der Waals surface area contributed by atoms with Crippen molar-refractivity contribution in [3.63, 3.8) is 0 Å².